The number of hydrogen-bond acceptors (Lipinski definition) is 5. The molecule has 2 aromatic rings. The standard InChI is InChI=1S/C11H16N2.C10H15N3/c1-2-5-10(6-3-1)13-9-11-7-4-8-12-11;1-2-6-12-10(5-1)13-8-9-4-3-7-11-9/h1-3,5-6,11-13H,4,7-9H2;1-2,5-6,9,11H,3-4,7-8H2,(H,12,13)/t11-;9-/m00/s1. The molecule has 2 aliphatic rings. The molecule has 0 unspecified atom stereocenters. The number of rotatable bonds is 6. The van der Waals surface area contributed by atoms with Crippen LogP contribution in [-0.4, -0.2) is 43.2 Å². The molecule has 26 heavy (non-hydrogen) atoms. The van der Waals surface area contributed by atoms with E-state index in [2.05, 4.69) is 50.5 Å². The molecule has 0 aliphatic carbocycles. The quantitative estimate of drug-likeness (QED) is 0.643. The number of benzene rings is 1. The molecular weight excluding hydrogens is 322 g/mol. The molecular formula is C21H31N5. The van der Waals surface area contributed by atoms with Crippen LogP contribution >= 0.6 is 0 Å². The minimum Gasteiger partial charge on any atom is -0.383 e. The number of anilines is 2. The van der Waals surface area contributed by atoms with Gasteiger partial charge in [0.25, 0.3) is 0 Å². The van der Waals surface area contributed by atoms with Gasteiger partial charge in [-0.3, -0.25) is 0 Å². The van der Waals surface area contributed by atoms with Crippen molar-refractivity contribution in [2.24, 2.45) is 0 Å². The number of pyridine rings is 1. The summed E-state index contributed by atoms with van der Waals surface area (Å²) in [6, 6.07) is 17.6. The lowest BCUT2D eigenvalue weighted by molar-refractivity contribution is 0.632. The molecule has 4 N–H and O–H groups in total. The minimum atomic E-state index is 0.627. The Kier molecular flexibility index (Phi) is 7.75. The summed E-state index contributed by atoms with van der Waals surface area (Å²) in [4.78, 5) is 4.20. The fourth-order valence-electron chi connectivity index (χ4n) is 3.35. The van der Waals surface area contributed by atoms with Crippen LogP contribution in [0.3, 0.4) is 0 Å². The van der Waals surface area contributed by atoms with Crippen LogP contribution in [0, 0.1) is 0 Å². The number of aromatic nitrogens is 1. The molecule has 0 amide bonds. The molecule has 4 rings (SSSR count). The Labute approximate surface area is 157 Å². The summed E-state index contributed by atoms with van der Waals surface area (Å²) in [5.41, 5.74) is 1.22. The first-order valence-corrected chi connectivity index (χ1v) is 9.81. The maximum absolute atomic E-state index is 4.20. The van der Waals surface area contributed by atoms with E-state index in [-0.39, 0.29) is 0 Å². The lowest BCUT2D eigenvalue weighted by atomic mass is 10.2. The van der Waals surface area contributed by atoms with Crippen molar-refractivity contribution in [3.63, 3.8) is 0 Å². The van der Waals surface area contributed by atoms with Gasteiger partial charge in [0, 0.05) is 37.1 Å². The Morgan fingerprint density at radius 3 is 2.04 bits per heavy atom. The Balaban J connectivity index is 0.000000151. The Morgan fingerprint density at radius 2 is 1.46 bits per heavy atom. The monoisotopic (exact) mass is 353 g/mol. The molecule has 1 aromatic carbocycles. The van der Waals surface area contributed by atoms with Crippen LogP contribution in [0.5, 0.6) is 0 Å². The molecule has 0 radical (unpaired) electrons. The predicted molar refractivity (Wildman–Crippen MR) is 110 cm³/mol. The summed E-state index contributed by atoms with van der Waals surface area (Å²) in [6.45, 7) is 4.37. The number of nitrogens with zero attached hydrogens (tertiary/aromatic N) is 1. The first kappa shape index (κ1) is 18.7. The molecule has 3 heterocycles. The van der Waals surface area contributed by atoms with Gasteiger partial charge in [0.15, 0.2) is 0 Å². The van der Waals surface area contributed by atoms with Crippen LogP contribution in [0.1, 0.15) is 25.7 Å². The molecule has 2 aliphatic heterocycles. The second-order valence-electron chi connectivity index (χ2n) is 6.93. The van der Waals surface area contributed by atoms with E-state index in [4.69, 9.17) is 0 Å². The molecule has 1 aromatic heterocycles. The SMILES string of the molecule is c1ccc(NC[C@@H]2CCCN2)cc1.c1ccc(NC[C@@H]2CCCN2)nc1. The third kappa shape index (κ3) is 6.65. The summed E-state index contributed by atoms with van der Waals surface area (Å²) in [5, 5.41) is 13.6. The van der Waals surface area contributed by atoms with Gasteiger partial charge in [0.2, 0.25) is 0 Å². The summed E-state index contributed by atoms with van der Waals surface area (Å²) in [6.07, 6.45) is 7.01. The van der Waals surface area contributed by atoms with Crippen molar-refractivity contribution in [1.82, 2.24) is 15.6 Å². The number of nitrogens with one attached hydrogen (secondary N) is 4. The van der Waals surface area contributed by atoms with Crippen molar-refractivity contribution in [2.45, 2.75) is 37.8 Å². The highest BCUT2D eigenvalue weighted by atomic mass is 15.0. The lowest BCUT2D eigenvalue weighted by Gasteiger charge is -2.12. The van der Waals surface area contributed by atoms with Gasteiger partial charge in [-0.25, -0.2) is 4.98 Å². The van der Waals surface area contributed by atoms with Crippen molar-refractivity contribution in [3.8, 4) is 0 Å². The van der Waals surface area contributed by atoms with Gasteiger partial charge in [-0.15, -0.1) is 0 Å². The van der Waals surface area contributed by atoms with E-state index in [9.17, 15) is 0 Å². The van der Waals surface area contributed by atoms with Gasteiger partial charge in [-0.1, -0.05) is 24.3 Å². The number of hydrogen-bond donors (Lipinski definition) is 4. The smallest absolute Gasteiger partial charge is 0.125 e. The molecule has 5 heteroatoms. The van der Waals surface area contributed by atoms with Crippen molar-refractivity contribution in [1.29, 1.82) is 0 Å². The van der Waals surface area contributed by atoms with Crippen molar-refractivity contribution >= 4 is 11.5 Å². The van der Waals surface area contributed by atoms with Crippen LogP contribution in [0.25, 0.3) is 0 Å². The van der Waals surface area contributed by atoms with Crippen LogP contribution in [-0.2, 0) is 0 Å². The zero-order chi connectivity index (χ0) is 17.9. The van der Waals surface area contributed by atoms with E-state index in [0.717, 1.165) is 25.5 Å². The van der Waals surface area contributed by atoms with Crippen molar-refractivity contribution < 1.29 is 0 Å². The highest BCUT2D eigenvalue weighted by molar-refractivity contribution is 5.42. The van der Waals surface area contributed by atoms with Gasteiger partial charge in [-0.2, -0.15) is 0 Å². The Morgan fingerprint density at radius 1 is 0.808 bits per heavy atom. The van der Waals surface area contributed by atoms with Crippen molar-refractivity contribution in [3.05, 3.63) is 54.7 Å². The van der Waals surface area contributed by atoms with Crippen LogP contribution in [0.4, 0.5) is 11.5 Å². The van der Waals surface area contributed by atoms with Crippen molar-refractivity contribution in [2.75, 3.05) is 36.8 Å². The Bertz CT molecular complexity index is 537. The maximum atomic E-state index is 4.20. The lowest BCUT2D eigenvalue weighted by Crippen LogP contribution is -2.29. The maximum Gasteiger partial charge on any atom is 0.125 e. The first-order chi connectivity index (χ1) is 12.9. The van der Waals surface area contributed by atoms with E-state index >= 15 is 0 Å². The molecule has 140 valence electrons. The van der Waals surface area contributed by atoms with Gasteiger partial charge >= 0.3 is 0 Å². The second-order valence-corrected chi connectivity index (χ2v) is 6.93. The largest absolute Gasteiger partial charge is 0.383 e. The normalized spacial score (nSPS) is 21.7. The molecule has 2 saturated heterocycles. The third-order valence-electron chi connectivity index (χ3n) is 4.85. The topological polar surface area (TPSA) is 61.0 Å². The van der Waals surface area contributed by atoms with Gasteiger partial charge in [0.05, 0.1) is 0 Å². The van der Waals surface area contributed by atoms with E-state index in [1.807, 2.05) is 30.5 Å². The summed E-state index contributed by atoms with van der Waals surface area (Å²) >= 11 is 0. The summed E-state index contributed by atoms with van der Waals surface area (Å²) < 4.78 is 0. The fraction of sp³-hybridized carbons (Fsp3) is 0.476. The molecule has 0 saturated carbocycles. The Hall–Kier alpha value is -2.11. The molecule has 0 bridgehead atoms. The average molecular weight is 354 g/mol. The van der Waals surface area contributed by atoms with Gasteiger partial charge < -0.3 is 21.3 Å². The summed E-state index contributed by atoms with van der Waals surface area (Å²) in [7, 11) is 0. The fourth-order valence-corrected chi connectivity index (χ4v) is 3.35. The van der Waals surface area contributed by atoms with Gasteiger partial charge in [-0.05, 0) is 63.0 Å². The zero-order valence-electron chi connectivity index (χ0n) is 15.5. The van der Waals surface area contributed by atoms with E-state index in [1.54, 1.807) is 0 Å². The molecule has 2 atom stereocenters. The molecule has 0 spiro atoms. The predicted octanol–water partition coefficient (Wildman–Crippen LogP) is 3.10. The second kappa shape index (κ2) is 10.8. The van der Waals surface area contributed by atoms with E-state index < -0.39 is 0 Å². The average Bonchev–Trinajstić information content (AvgIpc) is 3.41. The highest BCUT2D eigenvalue weighted by Gasteiger charge is 2.13. The highest BCUT2D eigenvalue weighted by Crippen LogP contribution is 2.09. The zero-order valence-corrected chi connectivity index (χ0v) is 15.5. The van der Waals surface area contributed by atoms with Crippen LogP contribution in [0.15, 0.2) is 54.7 Å². The number of para-hydroxylation sites is 1. The van der Waals surface area contributed by atoms with E-state index in [1.165, 1.54) is 37.9 Å². The summed E-state index contributed by atoms with van der Waals surface area (Å²) in [5.74, 6) is 0.969. The van der Waals surface area contributed by atoms with Crippen LogP contribution in [0.2, 0.25) is 0 Å². The molecule has 2 fully saturated rings. The first-order valence-electron chi connectivity index (χ1n) is 9.81. The minimum absolute atomic E-state index is 0.627. The van der Waals surface area contributed by atoms with E-state index in [0.29, 0.717) is 12.1 Å². The van der Waals surface area contributed by atoms with Crippen LogP contribution < -0.4 is 21.3 Å². The van der Waals surface area contributed by atoms with Gasteiger partial charge in [0.1, 0.15) is 5.82 Å². The molecule has 5 nitrogen and oxygen atoms in total. The third-order valence-corrected chi connectivity index (χ3v) is 4.85.